The van der Waals surface area contributed by atoms with E-state index in [2.05, 4.69) is 42.5 Å². The van der Waals surface area contributed by atoms with Crippen LogP contribution in [0.15, 0.2) is 60.7 Å². The first-order valence-corrected chi connectivity index (χ1v) is 11.5. The van der Waals surface area contributed by atoms with Crippen molar-refractivity contribution in [3.05, 3.63) is 71.8 Å². The minimum absolute atomic E-state index is 0.226. The molecular weight excluding hydrogens is 372 g/mol. The van der Waals surface area contributed by atoms with Crippen LogP contribution in [-0.4, -0.2) is 19.0 Å². The lowest BCUT2D eigenvalue weighted by Crippen LogP contribution is -2.37. The number of hydrogen-bond acceptors (Lipinski definition) is 3. The molecule has 30 heavy (non-hydrogen) atoms. The van der Waals surface area contributed by atoms with E-state index in [-0.39, 0.29) is 5.79 Å². The van der Waals surface area contributed by atoms with Crippen molar-refractivity contribution in [2.45, 2.75) is 57.3 Å². The topological polar surface area (TPSA) is 27.7 Å². The Bertz CT molecular complexity index is 839. The van der Waals surface area contributed by atoms with Gasteiger partial charge in [0.05, 0.1) is 13.2 Å². The zero-order valence-corrected chi connectivity index (χ0v) is 17.7. The second-order valence-electron chi connectivity index (χ2n) is 9.01. The van der Waals surface area contributed by atoms with Crippen molar-refractivity contribution in [1.82, 2.24) is 0 Å². The summed E-state index contributed by atoms with van der Waals surface area (Å²) in [7, 11) is 0. The van der Waals surface area contributed by atoms with E-state index < -0.39 is 0 Å². The van der Waals surface area contributed by atoms with Crippen LogP contribution in [0.5, 0.6) is 5.75 Å². The Hall–Kier alpha value is -2.10. The molecule has 0 radical (unpaired) electrons. The maximum absolute atomic E-state index is 5.93. The standard InChI is InChI=1S/C27H32O3/c1-2-4-21(5-3-1)20-28-26-12-10-24(11-13-26)22-6-8-23(9-7-22)25-14-16-27(17-15-25)29-18-19-30-27/h1-6,10-13,23,25H,7-9,14-20H2. The van der Waals surface area contributed by atoms with Crippen molar-refractivity contribution in [3.63, 3.8) is 0 Å². The van der Waals surface area contributed by atoms with E-state index in [1.165, 1.54) is 48.8 Å². The highest BCUT2D eigenvalue weighted by atomic mass is 16.7. The number of ether oxygens (including phenoxy) is 3. The minimum atomic E-state index is -0.226. The maximum Gasteiger partial charge on any atom is 0.168 e. The fourth-order valence-electron chi connectivity index (χ4n) is 5.39. The monoisotopic (exact) mass is 404 g/mol. The molecule has 3 nitrogen and oxygen atoms in total. The second kappa shape index (κ2) is 8.95. The summed E-state index contributed by atoms with van der Waals surface area (Å²) in [5.41, 5.74) is 4.04. The lowest BCUT2D eigenvalue weighted by atomic mass is 9.72. The Labute approximate surface area is 180 Å². The molecule has 3 aliphatic rings. The van der Waals surface area contributed by atoms with E-state index >= 15 is 0 Å². The molecule has 1 saturated carbocycles. The van der Waals surface area contributed by atoms with Gasteiger partial charge in [0.1, 0.15) is 12.4 Å². The summed E-state index contributed by atoms with van der Waals surface area (Å²) >= 11 is 0. The molecule has 5 rings (SSSR count). The van der Waals surface area contributed by atoms with Gasteiger partial charge in [-0.15, -0.1) is 0 Å². The van der Waals surface area contributed by atoms with Crippen LogP contribution in [0.25, 0.3) is 5.57 Å². The van der Waals surface area contributed by atoms with Crippen LogP contribution in [0, 0.1) is 11.8 Å². The molecule has 2 fully saturated rings. The highest BCUT2D eigenvalue weighted by molar-refractivity contribution is 5.66. The summed E-state index contributed by atoms with van der Waals surface area (Å²) in [5, 5.41) is 0. The van der Waals surface area contributed by atoms with Gasteiger partial charge in [-0.05, 0) is 72.8 Å². The van der Waals surface area contributed by atoms with Gasteiger partial charge in [-0.1, -0.05) is 48.5 Å². The molecule has 1 spiro atoms. The van der Waals surface area contributed by atoms with Gasteiger partial charge >= 0.3 is 0 Å². The zero-order valence-electron chi connectivity index (χ0n) is 17.7. The van der Waals surface area contributed by atoms with Crippen molar-refractivity contribution < 1.29 is 14.2 Å². The molecule has 0 amide bonds. The molecule has 0 bridgehead atoms. The molecule has 1 unspecified atom stereocenters. The second-order valence-corrected chi connectivity index (χ2v) is 9.01. The Morgan fingerprint density at radius 3 is 2.23 bits per heavy atom. The van der Waals surface area contributed by atoms with Crippen molar-refractivity contribution in [2.75, 3.05) is 13.2 Å². The van der Waals surface area contributed by atoms with Crippen LogP contribution >= 0.6 is 0 Å². The maximum atomic E-state index is 5.93. The Balaban J connectivity index is 1.13. The van der Waals surface area contributed by atoms with Crippen LogP contribution in [0.4, 0.5) is 0 Å². The van der Waals surface area contributed by atoms with Crippen LogP contribution in [0.1, 0.15) is 56.1 Å². The van der Waals surface area contributed by atoms with Crippen molar-refractivity contribution in [2.24, 2.45) is 11.8 Å². The first kappa shape index (κ1) is 19.8. The van der Waals surface area contributed by atoms with E-state index in [4.69, 9.17) is 14.2 Å². The van der Waals surface area contributed by atoms with Crippen LogP contribution < -0.4 is 4.74 Å². The highest BCUT2D eigenvalue weighted by Crippen LogP contribution is 2.44. The van der Waals surface area contributed by atoms with Crippen molar-refractivity contribution in [3.8, 4) is 5.75 Å². The molecule has 2 aromatic rings. The third-order valence-corrected chi connectivity index (χ3v) is 7.20. The molecule has 1 aliphatic heterocycles. The first-order chi connectivity index (χ1) is 14.8. The molecule has 2 aliphatic carbocycles. The number of allylic oxidation sites excluding steroid dienone is 2. The zero-order chi connectivity index (χ0) is 20.2. The molecule has 2 aromatic carbocycles. The van der Waals surface area contributed by atoms with Crippen molar-refractivity contribution >= 4 is 5.57 Å². The molecular formula is C27H32O3. The van der Waals surface area contributed by atoms with Gasteiger partial charge in [-0.2, -0.15) is 0 Å². The minimum Gasteiger partial charge on any atom is -0.489 e. The van der Waals surface area contributed by atoms with E-state index in [1.807, 2.05) is 18.2 Å². The van der Waals surface area contributed by atoms with Gasteiger partial charge in [0, 0.05) is 12.8 Å². The Kier molecular flexibility index (Phi) is 5.92. The summed E-state index contributed by atoms with van der Waals surface area (Å²) in [5.74, 6) is 2.36. The number of rotatable bonds is 5. The third kappa shape index (κ3) is 4.48. The highest BCUT2D eigenvalue weighted by Gasteiger charge is 2.41. The molecule has 1 saturated heterocycles. The molecule has 158 valence electrons. The molecule has 1 heterocycles. The summed E-state index contributed by atoms with van der Waals surface area (Å²) < 4.78 is 17.7. The number of hydrogen-bond donors (Lipinski definition) is 0. The summed E-state index contributed by atoms with van der Waals surface area (Å²) in [6.45, 7) is 2.16. The Morgan fingerprint density at radius 1 is 0.833 bits per heavy atom. The molecule has 1 atom stereocenters. The van der Waals surface area contributed by atoms with Gasteiger partial charge in [0.25, 0.3) is 0 Å². The van der Waals surface area contributed by atoms with Gasteiger partial charge < -0.3 is 14.2 Å². The van der Waals surface area contributed by atoms with E-state index in [9.17, 15) is 0 Å². The molecule has 0 aromatic heterocycles. The molecule has 0 N–H and O–H groups in total. The van der Waals surface area contributed by atoms with Gasteiger partial charge in [0.2, 0.25) is 0 Å². The van der Waals surface area contributed by atoms with Gasteiger partial charge in [-0.25, -0.2) is 0 Å². The summed E-state index contributed by atoms with van der Waals surface area (Å²) in [6, 6.07) is 19.0. The third-order valence-electron chi connectivity index (χ3n) is 7.20. The first-order valence-electron chi connectivity index (χ1n) is 11.5. The summed E-state index contributed by atoms with van der Waals surface area (Å²) in [6.07, 6.45) is 10.8. The molecule has 3 heteroatoms. The van der Waals surface area contributed by atoms with Gasteiger partial charge in [-0.3, -0.25) is 0 Å². The number of benzene rings is 2. The van der Waals surface area contributed by atoms with E-state index in [0.29, 0.717) is 6.61 Å². The van der Waals surface area contributed by atoms with Crippen LogP contribution in [0.3, 0.4) is 0 Å². The van der Waals surface area contributed by atoms with Crippen molar-refractivity contribution in [1.29, 1.82) is 0 Å². The fraction of sp³-hybridized carbons (Fsp3) is 0.481. The lowest BCUT2D eigenvalue weighted by molar-refractivity contribution is -0.184. The van der Waals surface area contributed by atoms with Gasteiger partial charge in [0.15, 0.2) is 5.79 Å². The van der Waals surface area contributed by atoms with E-state index in [0.717, 1.165) is 43.6 Å². The lowest BCUT2D eigenvalue weighted by Gasteiger charge is -2.39. The summed E-state index contributed by atoms with van der Waals surface area (Å²) in [4.78, 5) is 0. The average molecular weight is 405 g/mol. The van der Waals surface area contributed by atoms with Crippen LogP contribution in [0.2, 0.25) is 0 Å². The average Bonchev–Trinajstić information content (AvgIpc) is 3.27. The normalized spacial score (nSPS) is 24.0. The SMILES string of the molecule is C1=C(c2ccc(OCc3ccccc3)cc2)CCC(C2CCC3(CC2)OCCO3)C1. The quantitative estimate of drug-likeness (QED) is 0.578. The Morgan fingerprint density at radius 2 is 1.57 bits per heavy atom. The largest absolute Gasteiger partial charge is 0.489 e. The van der Waals surface area contributed by atoms with Crippen LogP contribution in [-0.2, 0) is 16.1 Å². The predicted octanol–water partition coefficient (Wildman–Crippen LogP) is 6.38. The smallest absolute Gasteiger partial charge is 0.168 e. The van der Waals surface area contributed by atoms with E-state index in [1.54, 1.807) is 0 Å². The predicted molar refractivity (Wildman–Crippen MR) is 119 cm³/mol. The fourth-order valence-corrected chi connectivity index (χ4v) is 5.39.